The number of benzene rings is 1. The van der Waals surface area contributed by atoms with Gasteiger partial charge in [-0.25, -0.2) is 0 Å². The maximum atomic E-state index is 5.30. The third kappa shape index (κ3) is 4.86. The van der Waals surface area contributed by atoms with Crippen molar-refractivity contribution in [2.45, 2.75) is 18.5 Å². The Kier molecular flexibility index (Phi) is 6.22. The first-order valence-corrected chi connectivity index (χ1v) is 9.78. The van der Waals surface area contributed by atoms with E-state index in [1.54, 1.807) is 7.11 Å². The zero-order valence-corrected chi connectivity index (χ0v) is 15.1. The van der Waals surface area contributed by atoms with Crippen molar-refractivity contribution >= 4 is 11.8 Å². The van der Waals surface area contributed by atoms with Crippen molar-refractivity contribution in [2.24, 2.45) is 0 Å². The SMILES string of the molecule is COc1ccc(C(CN2CCN(C)CC2)NC2CCSC2)cc1. The molecule has 0 bridgehead atoms. The molecule has 2 aliphatic heterocycles. The summed E-state index contributed by atoms with van der Waals surface area (Å²) in [5.41, 5.74) is 1.38. The number of likely N-dealkylation sites (N-methyl/N-ethyl adjacent to an activating group) is 1. The van der Waals surface area contributed by atoms with Crippen molar-refractivity contribution in [3.05, 3.63) is 29.8 Å². The number of rotatable bonds is 6. The van der Waals surface area contributed by atoms with E-state index in [1.165, 1.54) is 49.7 Å². The lowest BCUT2D eigenvalue weighted by Gasteiger charge is -2.35. The van der Waals surface area contributed by atoms with Crippen LogP contribution in [0.4, 0.5) is 0 Å². The number of hydrogen-bond acceptors (Lipinski definition) is 5. The van der Waals surface area contributed by atoms with Gasteiger partial charge < -0.3 is 15.0 Å². The molecule has 2 fully saturated rings. The molecule has 0 aromatic heterocycles. The number of piperazine rings is 1. The van der Waals surface area contributed by atoms with Gasteiger partial charge in [-0.3, -0.25) is 4.90 Å². The summed E-state index contributed by atoms with van der Waals surface area (Å²) in [7, 11) is 3.94. The molecule has 2 saturated heterocycles. The van der Waals surface area contributed by atoms with Crippen LogP contribution in [0.2, 0.25) is 0 Å². The van der Waals surface area contributed by atoms with Gasteiger partial charge in [-0.1, -0.05) is 12.1 Å². The standard InChI is InChI=1S/C18H29N3OS/c1-20-8-10-21(11-9-20)13-18(19-16-7-12-23-14-16)15-3-5-17(22-2)6-4-15/h3-6,16,18-19H,7-14H2,1-2H3. The predicted octanol–water partition coefficient (Wildman–Crippen LogP) is 2.08. The lowest BCUT2D eigenvalue weighted by atomic mass is 10.0. The van der Waals surface area contributed by atoms with Crippen molar-refractivity contribution in [3.8, 4) is 5.75 Å². The van der Waals surface area contributed by atoms with Gasteiger partial charge >= 0.3 is 0 Å². The van der Waals surface area contributed by atoms with Gasteiger partial charge in [-0.15, -0.1) is 0 Å². The van der Waals surface area contributed by atoms with Gasteiger partial charge in [0.15, 0.2) is 0 Å². The Morgan fingerprint density at radius 3 is 2.57 bits per heavy atom. The van der Waals surface area contributed by atoms with Crippen LogP contribution in [0.3, 0.4) is 0 Å². The average Bonchev–Trinajstić information content (AvgIpc) is 3.09. The van der Waals surface area contributed by atoms with E-state index < -0.39 is 0 Å². The van der Waals surface area contributed by atoms with E-state index in [0.717, 1.165) is 12.3 Å². The Balaban J connectivity index is 1.66. The molecular weight excluding hydrogens is 306 g/mol. The summed E-state index contributed by atoms with van der Waals surface area (Å²) in [6.45, 7) is 5.79. The van der Waals surface area contributed by atoms with Crippen LogP contribution in [0.15, 0.2) is 24.3 Å². The normalized spacial score (nSPS) is 24.7. The van der Waals surface area contributed by atoms with E-state index in [1.807, 2.05) is 0 Å². The van der Waals surface area contributed by atoms with Gasteiger partial charge in [0, 0.05) is 50.6 Å². The summed E-state index contributed by atoms with van der Waals surface area (Å²) in [6, 6.07) is 9.66. The first-order chi connectivity index (χ1) is 11.2. The molecule has 3 rings (SSSR count). The minimum atomic E-state index is 0.410. The Hall–Kier alpha value is -0.750. The van der Waals surface area contributed by atoms with Crippen molar-refractivity contribution < 1.29 is 4.74 Å². The minimum Gasteiger partial charge on any atom is -0.497 e. The number of ether oxygens (including phenoxy) is 1. The summed E-state index contributed by atoms with van der Waals surface area (Å²) < 4.78 is 5.30. The summed E-state index contributed by atoms with van der Waals surface area (Å²) in [6.07, 6.45) is 1.29. The van der Waals surface area contributed by atoms with E-state index in [-0.39, 0.29) is 0 Å². The summed E-state index contributed by atoms with van der Waals surface area (Å²) in [5.74, 6) is 3.47. The van der Waals surface area contributed by atoms with Crippen LogP contribution >= 0.6 is 11.8 Å². The monoisotopic (exact) mass is 335 g/mol. The van der Waals surface area contributed by atoms with Gasteiger partial charge in [0.25, 0.3) is 0 Å². The van der Waals surface area contributed by atoms with Crippen LogP contribution in [-0.4, -0.2) is 74.2 Å². The van der Waals surface area contributed by atoms with Crippen molar-refractivity contribution in [1.29, 1.82) is 0 Å². The fraction of sp³-hybridized carbons (Fsp3) is 0.667. The Labute approximate surface area is 144 Å². The lowest BCUT2D eigenvalue weighted by Crippen LogP contribution is -2.48. The Morgan fingerprint density at radius 2 is 1.96 bits per heavy atom. The molecule has 0 amide bonds. The first kappa shape index (κ1) is 17.1. The first-order valence-electron chi connectivity index (χ1n) is 8.63. The second-order valence-electron chi connectivity index (χ2n) is 6.66. The average molecular weight is 336 g/mol. The van der Waals surface area contributed by atoms with Crippen molar-refractivity contribution in [2.75, 3.05) is 58.4 Å². The molecular formula is C18H29N3OS. The van der Waals surface area contributed by atoms with Crippen molar-refractivity contribution in [3.63, 3.8) is 0 Å². The molecule has 4 nitrogen and oxygen atoms in total. The fourth-order valence-corrected chi connectivity index (χ4v) is 4.49. The molecule has 2 aliphatic rings. The van der Waals surface area contributed by atoms with Crippen LogP contribution in [0.25, 0.3) is 0 Å². The van der Waals surface area contributed by atoms with Crippen LogP contribution in [-0.2, 0) is 0 Å². The molecule has 0 radical (unpaired) electrons. The van der Waals surface area contributed by atoms with Gasteiger partial charge in [0.1, 0.15) is 5.75 Å². The van der Waals surface area contributed by atoms with Crippen LogP contribution in [0, 0.1) is 0 Å². The molecule has 5 heteroatoms. The molecule has 1 aromatic carbocycles. The van der Waals surface area contributed by atoms with E-state index in [4.69, 9.17) is 4.74 Å². The number of nitrogens with one attached hydrogen (secondary N) is 1. The summed E-state index contributed by atoms with van der Waals surface area (Å²) in [4.78, 5) is 5.02. The highest BCUT2D eigenvalue weighted by Crippen LogP contribution is 2.24. The number of methoxy groups -OCH3 is 1. The molecule has 0 spiro atoms. The van der Waals surface area contributed by atoms with E-state index >= 15 is 0 Å². The molecule has 128 valence electrons. The van der Waals surface area contributed by atoms with E-state index in [2.05, 4.69) is 58.2 Å². The van der Waals surface area contributed by atoms with Gasteiger partial charge in [-0.2, -0.15) is 11.8 Å². The minimum absolute atomic E-state index is 0.410. The van der Waals surface area contributed by atoms with Crippen molar-refractivity contribution in [1.82, 2.24) is 15.1 Å². The zero-order valence-electron chi connectivity index (χ0n) is 14.3. The second kappa shape index (κ2) is 8.38. The highest BCUT2D eigenvalue weighted by molar-refractivity contribution is 7.99. The van der Waals surface area contributed by atoms with Gasteiger partial charge in [-0.05, 0) is 36.9 Å². The topological polar surface area (TPSA) is 27.7 Å². The number of thioether (sulfide) groups is 1. The summed E-state index contributed by atoms with van der Waals surface area (Å²) in [5, 5.41) is 3.91. The van der Waals surface area contributed by atoms with Crippen LogP contribution in [0.5, 0.6) is 5.75 Å². The third-order valence-corrected chi connectivity index (χ3v) is 6.08. The third-order valence-electron chi connectivity index (χ3n) is 4.92. The zero-order chi connectivity index (χ0) is 16.1. The van der Waals surface area contributed by atoms with Crippen LogP contribution < -0.4 is 10.1 Å². The highest BCUT2D eigenvalue weighted by Gasteiger charge is 2.24. The van der Waals surface area contributed by atoms with Gasteiger partial charge in [0.2, 0.25) is 0 Å². The highest BCUT2D eigenvalue weighted by atomic mass is 32.2. The second-order valence-corrected chi connectivity index (χ2v) is 7.81. The fourth-order valence-electron chi connectivity index (χ4n) is 3.33. The Bertz CT molecular complexity index is 468. The van der Waals surface area contributed by atoms with E-state index in [0.29, 0.717) is 12.1 Å². The molecule has 0 saturated carbocycles. The predicted molar refractivity (Wildman–Crippen MR) is 98.5 cm³/mol. The lowest BCUT2D eigenvalue weighted by molar-refractivity contribution is 0.140. The number of hydrogen-bond donors (Lipinski definition) is 1. The van der Waals surface area contributed by atoms with Gasteiger partial charge in [0.05, 0.1) is 7.11 Å². The Morgan fingerprint density at radius 1 is 1.22 bits per heavy atom. The molecule has 1 aromatic rings. The molecule has 2 unspecified atom stereocenters. The molecule has 1 N–H and O–H groups in total. The molecule has 2 heterocycles. The molecule has 23 heavy (non-hydrogen) atoms. The van der Waals surface area contributed by atoms with E-state index in [9.17, 15) is 0 Å². The largest absolute Gasteiger partial charge is 0.497 e. The van der Waals surface area contributed by atoms with Crippen LogP contribution in [0.1, 0.15) is 18.0 Å². The quantitative estimate of drug-likeness (QED) is 0.859. The smallest absolute Gasteiger partial charge is 0.118 e. The molecule has 0 aliphatic carbocycles. The number of nitrogens with zero attached hydrogens (tertiary/aromatic N) is 2. The maximum absolute atomic E-state index is 5.30. The molecule has 2 atom stereocenters. The summed E-state index contributed by atoms with van der Waals surface area (Å²) >= 11 is 2.07. The maximum Gasteiger partial charge on any atom is 0.118 e.